The summed E-state index contributed by atoms with van der Waals surface area (Å²) in [6.07, 6.45) is -1.90. The van der Waals surface area contributed by atoms with E-state index in [4.69, 9.17) is 9.15 Å². The van der Waals surface area contributed by atoms with Crippen molar-refractivity contribution in [2.24, 2.45) is 0 Å². The zero-order valence-electron chi connectivity index (χ0n) is 15.2. The predicted molar refractivity (Wildman–Crippen MR) is 95.5 cm³/mol. The summed E-state index contributed by atoms with van der Waals surface area (Å²) in [7, 11) is 0. The Balaban J connectivity index is 2.08. The molecule has 28 heavy (non-hydrogen) atoms. The number of carboxylic acids is 2. The van der Waals surface area contributed by atoms with Gasteiger partial charge in [0.25, 0.3) is 0 Å². The smallest absolute Gasteiger partial charge is 0.340 e. The Morgan fingerprint density at radius 2 is 1.71 bits per heavy atom. The Hall–Kier alpha value is -3.61. The van der Waals surface area contributed by atoms with Crippen LogP contribution in [0.15, 0.2) is 51.7 Å². The lowest BCUT2D eigenvalue weighted by Gasteiger charge is -2.22. The van der Waals surface area contributed by atoms with E-state index < -0.39 is 30.1 Å². The molecule has 0 saturated heterocycles. The number of carbonyl (C=O) groups is 2. The maximum atomic E-state index is 12.2. The minimum absolute atomic E-state index is 0.0115. The molecule has 7 nitrogen and oxygen atoms in total. The highest BCUT2D eigenvalue weighted by Gasteiger charge is 2.19. The molecule has 7 heteroatoms. The van der Waals surface area contributed by atoms with Crippen LogP contribution in [0.25, 0.3) is 11.0 Å². The van der Waals surface area contributed by atoms with Crippen LogP contribution in [0.4, 0.5) is 0 Å². The second-order valence-corrected chi connectivity index (χ2v) is 6.33. The van der Waals surface area contributed by atoms with Gasteiger partial charge >= 0.3 is 5.63 Å². The highest BCUT2D eigenvalue weighted by Crippen LogP contribution is 2.32. The third-order valence-electron chi connectivity index (χ3n) is 4.54. The molecule has 0 amide bonds. The summed E-state index contributed by atoms with van der Waals surface area (Å²) in [4.78, 5) is 34.6. The Morgan fingerprint density at radius 1 is 1.04 bits per heavy atom. The standard InChI is InChI=1S/C21H18O7/c1-11-14-8-9-16(27-19(20(24)25)13-6-4-3-5-7-13)12(2)18(14)28-21(26)15(11)10-17(22)23/h3-9,19H,10H2,1-2H3,(H,22,23)(H,24,25)/p-2/t19-/m1/s1. The summed E-state index contributed by atoms with van der Waals surface area (Å²) in [6, 6.07) is 11.5. The van der Waals surface area contributed by atoms with Crippen molar-refractivity contribution < 1.29 is 29.0 Å². The van der Waals surface area contributed by atoms with Crippen LogP contribution in [0.5, 0.6) is 5.75 Å². The van der Waals surface area contributed by atoms with Crippen LogP contribution in [0, 0.1) is 13.8 Å². The fourth-order valence-electron chi connectivity index (χ4n) is 3.05. The molecule has 1 aromatic heterocycles. The molecular formula is C21H16O7-2. The van der Waals surface area contributed by atoms with Gasteiger partial charge in [-0.3, -0.25) is 0 Å². The highest BCUT2D eigenvalue weighted by molar-refractivity contribution is 5.86. The minimum Gasteiger partial charge on any atom is -0.550 e. The first-order valence-corrected chi connectivity index (χ1v) is 8.47. The maximum Gasteiger partial charge on any atom is 0.340 e. The van der Waals surface area contributed by atoms with Gasteiger partial charge in [-0.1, -0.05) is 30.3 Å². The van der Waals surface area contributed by atoms with E-state index in [1.807, 2.05) is 0 Å². The number of aryl methyl sites for hydroxylation is 2. The number of hydrogen-bond acceptors (Lipinski definition) is 7. The van der Waals surface area contributed by atoms with Crippen molar-refractivity contribution in [2.45, 2.75) is 26.4 Å². The molecule has 0 spiro atoms. The second kappa shape index (κ2) is 7.56. The van der Waals surface area contributed by atoms with Crippen molar-refractivity contribution >= 4 is 22.9 Å². The Bertz CT molecular complexity index is 1110. The average Bonchev–Trinajstić information content (AvgIpc) is 2.65. The summed E-state index contributed by atoms with van der Waals surface area (Å²) < 4.78 is 11.0. The molecule has 0 aliphatic heterocycles. The van der Waals surface area contributed by atoms with E-state index in [9.17, 15) is 24.6 Å². The van der Waals surface area contributed by atoms with Crippen molar-refractivity contribution in [3.05, 3.63) is 75.1 Å². The average molecular weight is 380 g/mol. The van der Waals surface area contributed by atoms with E-state index in [2.05, 4.69) is 0 Å². The monoisotopic (exact) mass is 380 g/mol. The summed E-state index contributed by atoms with van der Waals surface area (Å²) >= 11 is 0. The van der Waals surface area contributed by atoms with Crippen LogP contribution in [0.1, 0.15) is 28.4 Å². The second-order valence-electron chi connectivity index (χ2n) is 6.33. The van der Waals surface area contributed by atoms with Crippen molar-refractivity contribution in [1.82, 2.24) is 0 Å². The number of aliphatic carboxylic acids is 2. The first-order valence-electron chi connectivity index (χ1n) is 8.47. The largest absolute Gasteiger partial charge is 0.550 e. The highest BCUT2D eigenvalue weighted by atomic mass is 16.5. The van der Waals surface area contributed by atoms with Crippen LogP contribution in [-0.4, -0.2) is 11.9 Å². The zero-order chi connectivity index (χ0) is 20.4. The van der Waals surface area contributed by atoms with Gasteiger partial charge in [0.05, 0.1) is 5.97 Å². The summed E-state index contributed by atoms with van der Waals surface area (Å²) in [5, 5.41) is 23.0. The Kier molecular flexibility index (Phi) is 5.17. The van der Waals surface area contributed by atoms with Gasteiger partial charge in [-0.15, -0.1) is 0 Å². The Labute approximate surface area is 159 Å². The van der Waals surface area contributed by atoms with Crippen molar-refractivity contribution in [3.8, 4) is 5.75 Å². The lowest BCUT2D eigenvalue weighted by atomic mass is 10.0. The topological polar surface area (TPSA) is 120 Å². The minimum atomic E-state index is -1.41. The van der Waals surface area contributed by atoms with Crippen LogP contribution < -0.4 is 20.6 Å². The number of hydrogen-bond donors (Lipinski definition) is 0. The third kappa shape index (κ3) is 3.59. The van der Waals surface area contributed by atoms with Crippen molar-refractivity contribution in [2.75, 3.05) is 0 Å². The van der Waals surface area contributed by atoms with E-state index in [0.29, 0.717) is 22.1 Å². The molecule has 144 valence electrons. The van der Waals surface area contributed by atoms with Gasteiger partial charge in [0, 0.05) is 28.9 Å². The number of ether oxygens (including phenoxy) is 1. The van der Waals surface area contributed by atoms with E-state index in [0.717, 1.165) is 0 Å². The lowest BCUT2D eigenvalue weighted by molar-refractivity contribution is -0.314. The summed E-state index contributed by atoms with van der Waals surface area (Å²) in [5.74, 6) is -2.58. The lowest BCUT2D eigenvalue weighted by Crippen LogP contribution is -2.33. The van der Waals surface area contributed by atoms with Gasteiger partial charge in [0.15, 0.2) is 6.10 Å². The molecule has 0 N–H and O–H groups in total. The van der Waals surface area contributed by atoms with Crippen LogP contribution >= 0.6 is 0 Å². The number of carbonyl (C=O) groups excluding carboxylic acids is 2. The molecule has 1 heterocycles. The van der Waals surface area contributed by atoms with Gasteiger partial charge in [0.2, 0.25) is 0 Å². The van der Waals surface area contributed by atoms with E-state index in [1.54, 1.807) is 56.3 Å². The SMILES string of the molecule is Cc1c(CC(=O)[O-])c(=O)oc2c(C)c(O[C@@H](C(=O)[O-])c3ccccc3)ccc12. The molecule has 0 radical (unpaired) electrons. The van der Waals surface area contributed by atoms with Crippen LogP contribution in [0.2, 0.25) is 0 Å². The Morgan fingerprint density at radius 3 is 2.32 bits per heavy atom. The predicted octanol–water partition coefficient (Wildman–Crippen LogP) is 0.572. The fraction of sp³-hybridized carbons (Fsp3) is 0.190. The summed E-state index contributed by atoms with van der Waals surface area (Å²) in [5.41, 5.74) is 0.715. The van der Waals surface area contributed by atoms with Gasteiger partial charge < -0.3 is 29.0 Å². The molecule has 0 saturated carbocycles. The molecular weight excluding hydrogens is 364 g/mol. The zero-order valence-corrected chi connectivity index (χ0v) is 15.2. The molecule has 2 aromatic carbocycles. The van der Waals surface area contributed by atoms with Gasteiger partial charge in [-0.2, -0.15) is 0 Å². The number of carboxylic acid groups (broad SMARTS) is 2. The quantitative estimate of drug-likeness (QED) is 0.573. The number of fused-ring (bicyclic) bond motifs is 1. The number of benzene rings is 2. The fourth-order valence-corrected chi connectivity index (χ4v) is 3.05. The molecule has 1 atom stereocenters. The van der Waals surface area contributed by atoms with Crippen molar-refractivity contribution in [1.29, 1.82) is 0 Å². The van der Waals surface area contributed by atoms with Gasteiger partial charge in [0.1, 0.15) is 11.3 Å². The molecule has 0 fully saturated rings. The van der Waals surface area contributed by atoms with Gasteiger partial charge in [-0.25, -0.2) is 4.79 Å². The molecule has 0 bridgehead atoms. The normalized spacial score (nSPS) is 11.9. The molecule has 0 unspecified atom stereocenters. The van der Waals surface area contributed by atoms with Crippen molar-refractivity contribution in [3.63, 3.8) is 0 Å². The molecule has 3 rings (SSSR count). The van der Waals surface area contributed by atoms with Crippen LogP contribution in [0.3, 0.4) is 0 Å². The maximum absolute atomic E-state index is 12.2. The van der Waals surface area contributed by atoms with E-state index >= 15 is 0 Å². The first-order chi connectivity index (χ1) is 13.3. The third-order valence-corrected chi connectivity index (χ3v) is 4.54. The van der Waals surface area contributed by atoms with Crippen LogP contribution in [-0.2, 0) is 16.0 Å². The van der Waals surface area contributed by atoms with E-state index in [1.165, 1.54) is 0 Å². The van der Waals surface area contributed by atoms with E-state index in [-0.39, 0.29) is 16.9 Å². The first kappa shape index (κ1) is 19.2. The molecule has 0 aliphatic carbocycles. The molecule has 3 aromatic rings. The van der Waals surface area contributed by atoms with Gasteiger partial charge in [-0.05, 0) is 37.1 Å². The molecule has 0 aliphatic rings. The summed E-state index contributed by atoms with van der Waals surface area (Å²) in [6.45, 7) is 3.24. The number of rotatable bonds is 6.